The molecule has 0 saturated heterocycles. The minimum Gasteiger partial charge on any atom is -0.495 e. The topological polar surface area (TPSA) is 72.6 Å². The molecule has 0 unspecified atom stereocenters. The summed E-state index contributed by atoms with van der Waals surface area (Å²) in [6, 6.07) is 3.01. The zero-order chi connectivity index (χ0) is 15.3. The summed E-state index contributed by atoms with van der Waals surface area (Å²) in [5.41, 5.74) is 6.18. The number of ether oxygens (including phenoxy) is 1. The molecule has 0 aliphatic carbocycles. The summed E-state index contributed by atoms with van der Waals surface area (Å²) >= 11 is 7.55. The van der Waals surface area contributed by atoms with E-state index in [2.05, 4.69) is 0 Å². The molecule has 0 aromatic heterocycles. The fraction of sp³-hybridized carbons (Fsp3) is 0.500. The van der Waals surface area contributed by atoms with Gasteiger partial charge in [-0.05, 0) is 18.4 Å². The number of nitrogens with two attached hydrogens (primary N) is 1. The van der Waals surface area contributed by atoms with Gasteiger partial charge in [-0.3, -0.25) is 0 Å². The van der Waals surface area contributed by atoms with E-state index in [1.165, 1.54) is 24.5 Å². The molecule has 0 heterocycles. The highest BCUT2D eigenvalue weighted by molar-refractivity contribution is 7.98. The Balaban J connectivity index is 3.33. The van der Waals surface area contributed by atoms with Crippen molar-refractivity contribution in [2.75, 3.05) is 32.7 Å². The van der Waals surface area contributed by atoms with Gasteiger partial charge in [-0.25, -0.2) is 8.42 Å². The van der Waals surface area contributed by atoms with Crippen LogP contribution in [0, 0.1) is 0 Å². The van der Waals surface area contributed by atoms with Crippen LogP contribution in [0.1, 0.15) is 5.56 Å². The molecule has 1 aromatic carbocycles. The highest BCUT2D eigenvalue weighted by atomic mass is 35.5. The minimum absolute atomic E-state index is 0.0524. The number of hydrogen-bond acceptors (Lipinski definition) is 5. The molecule has 0 atom stereocenters. The molecule has 0 radical (unpaired) electrons. The van der Waals surface area contributed by atoms with Crippen LogP contribution in [0.5, 0.6) is 5.75 Å². The van der Waals surface area contributed by atoms with Crippen LogP contribution in [0.15, 0.2) is 17.0 Å². The zero-order valence-electron chi connectivity index (χ0n) is 11.7. The molecule has 0 saturated carbocycles. The first kappa shape index (κ1) is 17.6. The van der Waals surface area contributed by atoms with E-state index in [0.29, 0.717) is 22.9 Å². The van der Waals surface area contributed by atoms with Crippen LogP contribution in [0.4, 0.5) is 0 Å². The number of sulfonamides is 1. The second kappa shape index (κ2) is 7.51. The largest absolute Gasteiger partial charge is 0.495 e. The van der Waals surface area contributed by atoms with Crippen LogP contribution in [-0.2, 0) is 16.6 Å². The predicted molar refractivity (Wildman–Crippen MR) is 84.1 cm³/mol. The van der Waals surface area contributed by atoms with E-state index in [1.54, 1.807) is 17.8 Å². The third-order valence-corrected chi connectivity index (χ3v) is 5.49. The number of halogens is 1. The van der Waals surface area contributed by atoms with Crippen molar-refractivity contribution in [2.24, 2.45) is 5.73 Å². The molecular weight excluding hydrogens is 320 g/mol. The average Bonchev–Trinajstić information content (AvgIpc) is 2.43. The van der Waals surface area contributed by atoms with E-state index in [1.807, 2.05) is 6.26 Å². The highest BCUT2D eigenvalue weighted by Gasteiger charge is 2.26. The Kier molecular flexibility index (Phi) is 6.60. The van der Waals surface area contributed by atoms with E-state index in [4.69, 9.17) is 22.1 Å². The number of nitrogens with zero attached hydrogens (tertiary/aromatic N) is 1. The van der Waals surface area contributed by atoms with Crippen molar-refractivity contribution >= 4 is 33.4 Å². The van der Waals surface area contributed by atoms with E-state index < -0.39 is 10.0 Å². The molecule has 114 valence electrons. The van der Waals surface area contributed by atoms with Gasteiger partial charge < -0.3 is 10.5 Å². The van der Waals surface area contributed by atoms with Gasteiger partial charge in [0.25, 0.3) is 0 Å². The third-order valence-electron chi connectivity index (χ3n) is 2.82. The molecular formula is C12H19ClN2O3S2. The second-order valence-electron chi connectivity index (χ2n) is 4.12. The maximum absolute atomic E-state index is 12.6. The standard InChI is InChI=1S/C12H19ClN2O3S2/c1-15(4-5-19-3)20(16,17)11-7-10(13)6-9(8-14)12(11)18-2/h6-7H,4-5,8,14H2,1-3H3. The third kappa shape index (κ3) is 3.79. The van der Waals surface area contributed by atoms with Crippen molar-refractivity contribution in [3.8, 4) is 5.75 Å². The first-order valence-corrected chi connectivity index (χ1v) is 9.11. The Hall–Kier alpha value is -0.470. The van der Waals surface area contributed by atoms with Crippen molar-refractivity contribution in [3.63, 3.8) is 0 Å². The van der Waals surface area contributed by atoms with Crippen LogP contribution in [0.3, 0.4) is 0 Å². The number of rotatable bonds is 7. The number of thioether (sulfide) groups is 1. The fourth-order valence-electron chi connectivity index (χ4n) is 1.71. The molecule has 8 heteroatoms. The summed E-state index contributed by atoms with van der Waals surface area (Å²) in [6.45, 7) is 0.567. The Bertz CT molecular complexity index is 564. The van der Waals surface area contributed by atoms with Crippen LogP contribution in [0.2, 0.25) is 5.02 Å². The summed E-state index contributed by atoms with van der Waals surface area (Å²) in [5.74, 6) is 0.968. The van der Waals surface area contributed by atoms with E-state index in [9.17, 15) is 8.42 Å². The van der Waals surface area contributed by atoms with Crippen molar-refractivity contribution in [1.29, 1.82) is 0 Å². The smallest absolute Gasteiger partial charge is 0.246 e. The van der Waals surface area contributed by atoms with Crippen molar-refractivity contribution in [3.05, 3.63) is 22.7 Å². The van der Waals surface area contributed by atoms with E-state index in [-0.39, 0.29) is 17.2 Å². The van der Waals surface area contributed by atoms with Crippen LogP contribution in [-0.4, -0.2) is 45.4 Å². The molecule has 20 heavy (non-hydrogen) atoms. The molecule has 0 spiro atoms. The molecule has 5 nitrogen and oxygen atoms in total. The Labute approximate surface area is 129 Å². The van der Waals surface area contributed by atoms with Gasteiger partial charge >= 0.3 is 0 Å². The number of hydrogen-bond donors (Lipinski definition) is 1. The zero-order valence-corrected chi connectivity index (χ0v) is 14.1. The molecule has 2 N–H and O–H groups in total. The molecule has 1 rings (SSSR count). The van der Waals surface area contributed by atoms with Crippen molar-refractivity contribution in [1.82, 2.24) is 4.31 Å². The maximum atomic E-state index is 12.6. The quantitative estimate of drug-likeness (QED) is 0.820. The normalized spacial score (nSPS) is 11.9. The predicted octanol–water partition coefficient (Wildman–Crippen LogP) is 1.79. The van der Waals surface area contributed by atoms with E-state index in [0.717, 1.165) is 0 Å². The number of benzene rings is 1. The van der Waals surface area contributed by atoms with Crippen LogP contribution < -0.4 is 10.5 Å². The van der Waals surface area contributed by atoms with Gasteiger partial charge in [0, 0.05) is 36.5 Å². The van der Waals surface area contributed by atoms with Gasteiger partial charge in [-0.1, -0.05) is 11.6 Å². The van der Waals surface area contributed by atoms with Gasteiger partial charge in [0.1, 0.15) is 10.6 Å². The van der Waals surface area contributed by atoms with Gasteiger partial charge in [0.2, 0.25) is 10.0 Å². The summed E-state index contributed by atoms with van der Waals surface area (Å²) in [5, 5.41) is 0.322. The lowest BCUT2D eigenvalue weighted by molar-refractivity contribution is 0.394. The van der Waals surface area contributed by atoms with Gasteiger partial charge in [-0.15, -0.1) is 0 Å². The SMILES string of the molecule is COc1c(CN)cc(Cl)cc1S(=O)(=O)N(C)CCSC. The Morgan fingerprint density at radius 2 is 2.10 bits per heavy atom. The Morgan fingerprint density at radius 1 is 1.45 bits per heavy atom. The maximum Gasteiger partial charge on any atom is 0.246 e. The van der Waals surface area contributed by atoms with Gasteiger partial charge in [0.05, 0.1) is 7.11 Å². The molecule has 0 fully saturated rings. The van der Waals surface area contributed by atoms with Crippen molar-refractivity contribution in [2.45, 2.75) is 11.4 Å². The van der Waals surface area contributed by atoms with Gasteiger partial charge in [-0.2, -0.15) is 16.1 Å². The highest BCUT2D eigenvalue weighted by Crippen LogP contribution is 2.33. The lowest BCUT2D eigenvalue weighted by Gasteiger charge is -2.20. The summed E-state index contributed by atoms with van der Waals surface area (Å²) in [7, 11) is -0.698. The van der Waals surface area contributed by atoms with Crippen LogP contribution in [0.25, 0.3) is 0 Å². The molecule has 0 amide bonds. The lowest BCUT2D eigenvalue weighted by Crippen LogP contribution is -2.29. The molecule has 0 aliphatic rings. The summed E-state index contributed by atoms with van der Waals surface area (Å²) in [6.07, 6.45) is 1.92. The van der Waals surface area contributed by atoms with Gasteiger partial charge in [0.15, 0.2) is 0 Å². The molecule has 1 aromatic rings. The lowest BCUT2D eigenvalue weighted by atomic mass is 10.2. The van der Waals surface area contributed by atoms with Crippen molar-refractivity contribution < 1.29 is 13.2 Å². The minimum atomic E-state index is -3.65. The summed E-state index contributed by atoms with van der Waals surface area (Å²) < 4.78 is 31.7. The average molecular weight is 339 g/mol. The fourth-order valence-corrected chi connectivity index (χ4v) is 3.98. The monoisotopic (exact) mass is 338 g/mol. The Morgan fingerprint density at radius 3 is 2.60 bits per heavy atom. The first-order chi connectivity index (χ1) is 9.38. The molecule has 0 bridgehead atoms. The number of methoxy groups -OCH3 is 1. The first-order valence-electron chi connectivity index (χ1n) is 5.90. The molecule has 0 aliphatic heterocycles. The van der Waals surface area contributed by atoms with E-state index >= 15 is 0 Å². The van der Waals surface area contributed by atoms with Crippen LogP contribution >= 0.6 is 23.4 Å². The summed E-state index contributed by atoms with van der Waals surface area (Å²) in [4.78, 5) is 0.0524. The second-order valence-corrected chi connectivity index (χ2v) is 7.56.